The number of benzene rings is 3. The maximum atomic E-state index is 14.0. The molecule has 0 N–H and O–H groups in total. The summed E-state index contributed by atoms with van der Waals surface area (Å²) in [6.07, 6.45) is 5.11. The van der Waals surface area contributed by atoms with E-state index in [0.29, 0.717) is 19.6 Å². The molecule has 3 aliphatic heterocycles. The second-order valence-electron chi connectivity index (χ2n) is 9.95. The summed E-state index contributed by atoms with van der Waals surface area (Å²) >= 11 is 0. The highest BCUT2D eigenvalue weighted by Gasteiger charge is 2.58. The van der Waals surface area contributed by atoms with Gasteiger partial charge in [-0.3, -0.25) is 14.6 Å². The van der Waals surface area contributed by atoms with Crippen molar-refractivity contribution < 1.29 is 14.3 Å². The molecule has 3 aliphatic rings. The van der Waals surface area contributed by atoms with Crippen molar-refractivity contribution in [2.24, 2.45) is 0 Å². The van der Waals surface area contributed by atoms with Gasteiger partial charge >= 0.3 is 6.09 Å². The van der Waals surface area contributed by atoms with Crippen LogP contribution < -0.4 is 0 Å². The normalized spacial score (nSPS) is 21.0. The van der Waals surface area contributed by atoms with Crippen molar-refractivity contribution >= 4 is 12.0 Å². The van der Waals surface area contributed by atoms with Gasteiger partial charge in [0, 0.05) is 56.0 Å². The van der Waals surface area contributed by atoms with Crippen LogP contribution in [0.25, 0.3) is 0 Å². The van der Waals surface area contributed by atoms with Crippen LogP contribution in [0, 0.1) is 0 Å². The fourth-order valence-electron chi connectivity index (χ4n) is 5.95. The third-order valence-corrected chi connectivity index (χ3v) is 7.81. The number of nitrogens with zero attached hydrogens (tertiary/aromatic N) is 3. The van der Waals surface area contributed by atoms with Gasteiger partial charge < -0.3 is 9.64 Å². The number of carbonyl (C=O) groups is 2. The summed E-state index contributed by atoms with van der Waals surface area (Å²) in [5.41, 5.74) is 2.62. The van der Waals surface area contributed by atoms with Crippen molar-refractivity contribution in [3.63, 3.8) is 0 Å². The third kappa shape index (κ3) is 4.21. The minimum Gasteiger partial charge on any atom is -0.431 e. The summed E-state index contributed by atoms with van der Waals surface area (Å²) in [6, 6.07) is 27.4. The molecule has 188 valence electrons. The Labute approximate surface area is 217 Å². The standard InChI is InChI=1S/C31H31N3O3/c35-29(27-17-9-8-12-24(27)22-32-18-10-3-11-19-32)33-20-21-34-28(23-33)31(37-30(34)36,25-13-4-1-5-14-25)26-15-6-2-7-16-26/h1-10,12-17,28H,11,18-23H2. The summed E-state index contributed by atoms with van der Waals surface area (Å²) in [7, 11) is 0. The number of amides is 2. The smallest absolute Gasteiger partial charge is 0.411 e. The molecule has 3 aromatic carbocycles. The average molecular weight is 494 g/mol. The van der Waals surface area contributed by atoms with Crippen LogP contribution in [0.4, 0.5) is 4.79 Å². The van der Waals surface area contributed by atoms with Crippen molar-refractivity contribution in [3.8, 4) is 0 Å². The fourth-order valence-corrected chi connectivity index (χ4v) is 5.95. The van der Waals surface area contributed by atoms with Crippen LogP contribution in [0.2, 0.25) is 0 Å². The zero-order chi connectivity index (χ0) is 25.2. The summed E-state index contributed by atoms with van der Waals surface area (Å²) in [5, 5.41) is 0. The highest BCUT2D eigenvalue weighted by molar-refractivity contribution is 5.96. The van der Waals surface area contributed by atoms with Crippen LogP contribution in [0.15, 0.2) is 97.1 Å². The van der Waals surface area contributed by atoms with Gasteiger partial charge in [-0.05, 0) is 18.1 Å². The number of hydrogen-bond donors (Lipinski definition) is 0. The lowest BCUT2D eigenvalue weighted by Crippen LogP contribution is -2.58. The molecule has 6 nitrogen and oxygen atoms in total. The predicted molar refractivity (Wildman–Crippen MR) is 142 cm³/mol. The van der Waals surface area contributed by atoms with Crippen LogP contribution in [0.5, 0.6) is 0 Å². The first-order valence-corrected chi connectivity index (χ1v) is 13.0. The van der Waals surface area contributed by atoms with E-state index in [-0.39, 0.29) is 18.0 Å². The highest BCUT2D eigenvalue weighted by atomic mass is 16.6. The zero-order valence-electron chi connectivity index (χ0n) is 20.8. The zero-order valence-corrected chi connectivity index (χ0v) is 20.8. The van der Waals surface area contributed by atoms with E-state index in [4.69, 9.17) is 4.74 Å². The van der Waals surface area contributed by atoms with Crippen molar-refractivity contribution in [1.29, 1.82) is 0 Å². The molecule has 2 saturated heterocycles. The van der Waals surface area contributed by atoms with E-state index in [1.807, 2.05) is 83.8 Å². The first-order valence-electron chi connectivity index (χ1n) is 13.0. The molecule has 0 spiro atoms. The lowest BCUT2D eigenvalue weighted by molar-refractivity contribution is 0.0371. The lowest BCUT2D eigenvalue weighted by atomic mass is 9.79. The highest BCUT2D eigenvalue weighted by Crippen LogP contribution is 2.45. The minimum atomic E-state index is -0.988. The number of piperazine rings is 1. The van der Waals surface area contributed by atoms with E-state index in [0.717, 1.165) is 48.3 Å². The van der Waals surface area contributed by atoms with Crippen molar-refractivity contribution in [1.82, 2.24) is 14.7 Å². The number of ether oxygens (including phenoxy) is 1. The molecular weight excluding hydrogens is 462 g/mol. The van der Waals surface area contributed by atoms with E-state index in [9.17, 15) is 9.59 Å². The van der Waals surface area contributed by atoms with Crippen LogP contribution in [0.1, 0.15) is 33.5 Å². The Kier molecular flexibility index (Phi) is 6.26. The van der Waals surface area contributed by atoms with Gasteiger partial charge in [0.1, 0.15) is 6.04 Å². The molecule has 3 heterocycles. The summed E-state index contributed by atoms with van der Waals surface area (Å²) in [5.74, 6) is 0.0113. The molecule has 2 fully saturated rings. The molecule has 0 bridgehead atoms. The van der Waals surface area contributed by atoms with Gasteiger partial charge in [0.05, 0.1) is 0 Å². The van der Waals surface area contributed by atoms with E-state index in [2.05, 4.69) is 23.1 Å². The van der Waals surface area contributed by atoms with Crippen molar-refractivity contribution in [2.45, 2.75) is 24.6 Å². The van der Waals surface area contributed by atoms with Gasteiger partial charge in [-0.15, -0.1) is 0 Å². The van der Waals surface area contributed by atoms with Crippen LogP contribution in [-0.4, -0.2) is 65.5 Å². The summed E-state index contributed by atoms with van der Waals surface area (Å²) in [6.45, 7) is 3.96. The van der Waals surface area contributed by atoms with Gasteiger partial charge in [-0.2, -0.15) is 0 Å². The number of hydrogen-bond acceptors (Lipinski definition) is 4. The lowest BCUT2D eigenvalue weighted by Gasteiger charge is -2.42. The quantitative estimate of drug-likeness (QED) is 0.485. The fraction of sp³-hybridized carbons (Fsp3) is 0.290. The first-order chi connectivity index (χ1) is 18.2. The van der Waals surface area contributed by atoms with E-state index in [1.165, 1.54) is 0 Å². The molecular formula is C31H31N3O3. The largest absolute Gasteiger partial charge is 0.431 e. The van der Waals surface area contributed by atoms with E-state index >= 15 is 0 Å². The van der Waals surface area contributed by atoms with E-state index in [1.54, 1.807) is 4.90 Å². The SMILES string of the molecule is O=C(c1ccccc1CN1CC=CCC1)N1CCN2C(=O)OC(c3ccccc3)(c3ccccc3)C2C1. The molecule has 1 atom stereocenters. The van der Waals surface area contributed by atoms with Crippen LogP contribution in [0.3, 0.4) is 0 Å². The first kappa shape index (κ1) is 23.5. The number of carbonyl (C=O) groups excluding carboxylic acids is 2. The Bertz CT molecular complexity index is 1270. The molecule has 6 heteroatoms. The Morgan fingerprint density at radius 2 is 1.51 bits per heavy atom. The van der Waals surface area contributed by atoms with Crippen LogP contribution in [-0.2, 0) is 16.9 Å². The Morgan fingerprint density at radius 3 is 2.19 bits per heavy atom. The maximum Gasteiger partial charge on any atom is 0.411 e. The Morgan fingerprint density at radius 1 is 0.838 bits per heavy atom. The average Bonchev–Trinajstić information content (AvgIpc) is 3.27. The van der Waals surface area contributed by atoms with E-state index < -0.39 is 5.60 Å². The number of cyclic esters (lactones) is 1. The molecule has 0 aliphatic carbocycles. The second-order valence-corrected chi connectivity index (χ2v) is 9.95. The van der Waals surface area contributed by atoms with Crippen molar-refractivity contribution in [3.05, 3.63) is 119 Å². The monoisotopic (exact) mass is 493 g/mol. The molecule has 0 radical (unpaired) electrons. The van der Waals surface area contributed by atoms with Crippen molar-refractivity contribution in [2.75, 3.05) is 32.7 Å². The molecule has 6 rings (SSSR count). The maximum absolute atomic E-state index is 14.0. The molecule has 0 aromatic heterocycles. The summed E-state index contributed by atoms with van der Waals surface area (Å²) < 4.78 is 6.26. The van der Waals surface area contributed by atoms with Gasteiger partial charge in [0.25, 0.3) is 5.91 Å². The molecule has 3 aromatic rings. The molecule has 37 heavy (non-hydrogen) atoms. The van der Waals surface area contributed by atoms with Gasteiger partial charge in [0.15, 0.2) is 5.60 Å². The van der Waals surface area contributed by atoms with Gasteiger partial charge in [0.2, 0.25) is 0 Å². The number of rotatable bonds is 5. The molecule has 1 unspecified atom stereocenters. The second kappa shape index (κ2) is 9.87. The predicted octanol–water partition coefficient (Wildman–Crippen LogP) is 4.67. The van der Waals surface area contributed by atoms with Gasteiger partial charge in [-0.25, -0.2) is 4.79 Å². The summed E-state index contributed by atoms with van der Waals surface area (Å²) in [4.78, 5) is 33.2. The Hall–Kier alpha value is -3.90. The third-order valence-electron chi connectivity index (χ3n) is 7.81. The van der Waals surface area contributed by atoms with Gasteiger partial charge in [-0.1, -0.05) is 91.0 Å². The number of fused-ring (bicyclic) bond motifs is 1. The Balaban J connectivity index is 1.34. The molecule has 0 saturated carbocycles. The molecule has 2 amide bonds. The minimum absolute atomic E-state index is 0.0113. The topological polar surface area (TPSA) is 53.1 Å². The van der Waals surface area contributed by atoms with Crippen LogP contribution >= 0.6 is 0 Å².